The Labute approximate surface area is 206 Å². The highest BCUT2D eigenvalue weighted by molar-refractivity contribution is 6.46. The van der Waals surface area contributed by atoms with E-state index < -0.39 is 17.7 Å². The van der Waals surface area contributed by atoms with Gasteiger partial charge in [-0.05, 0) is 65.9 Å². The molecule has 1 N–H and O–H groups in total. The minimum atomic E-state index is -0.845. The molecule has 1 atom stereocenters. The molecule has 0 saturated carbocycles. The number of likely N-dealkylation sites (tertiary alicyclic amines) is 1. The maximum absolute atomic E-state index is 13.2. The second-order valence-corrected chi connectivity index (χ2v) is 9.05. The highest BCUT2D eigenvalue weighted by Gasteiger charge is 2.46. The van der Waals surface area contributed by atoms with Gasteiger partial charge < -0.3 is 14.7 Å². The number of Topliss-reactive ketones (excluding diaryl/α,β-unsaturated/α-hetero) is 1. The summed E-state index contributed by atoms with van der Waals surface area (Å²) in [5.41, 5.74) is 2.73. The average molecular weight is 495 g/mol. The summed E-state index contributed by atoms with van der Waals surface area (Å²) >= 11 is 12.4. The van der Waals surface area contributed by atoms with E-state index in [4.69, 9.17) is 27.9 Å². The van der Waals surface area contributed by atoms with Crippen molar-refractivity contribution in [3.63, 3.8) is 0 Å². The van der Waals surface area contributed by atoms with Crippen molar-refractivity contribution in [2.24, 2.45) is 0 Å². The molecule has 2 aliphatic heterocycles. The number of pyridine rings is 1. The molecule has 1 amide bonds. The number of hydrogen-bond acceptors (Lipinski definition) is 5. The second-order valence-electron chi connectivity index (χ2n) is 8.24. The smallest absolute Gasteiger partial charge is 0.295 e. The third kappa shape index (κ3) is 4.04. The summed E-state index contributed by atoms with van der Waals surface area (Å²) in [7, 11) is 0. The lowest BCUT2D eigenvalue weighted by molar-refractivity contribution is -0.140. The van der Waals surface area contributed by atoms with Crippen LogP contribution in [0.5, 0.6) is 5.75 Å². The third-order valence-corrected chi connectivity index (χ3v) is 6.80. The van der Waals surface area contributed by atoms with Crippen molar-refractivity contribution in [2.75, 3.05) is 6.61 Å². The average Bonchev–Trinajstić information content (AvgIpc) is 3.10. The van der Waals surface area contributed by atoms with E-state index in [0.29, 0.717) is 22.8 Å². The van der Waals surface area contributed by atoms with Crippen LogP contribution in [0, 0.1) is 0 Å². The number of aryl methyl sites for hydroxylation is 1. The summed E-state index contributed by atoms with van der Waals surface area (Å²) in [6.07, 6.45) is 4.95. The molecule has 0 aliphatic carbocycles. The van der Waals surface area contributed by atoms with Crippen molar-refractivity contribution in [2.45, 2.75) is 25.4 Å². The Bertz CT molecular complexity index is 1320. The van der Waals surface area contributed by atoms with Crippen LogP contribution in [-0.2, 0) is 22.6 Å². The molecule has 0 radical (unpaired) electrons. The minimum absolute atomic E-state index is 0.00366. The van der Waals surface area contributed by atoms with Gasteiger partial charge in [-0.15, -0.1) is 0 Å². The number of fused-ring (bicyclic) bond motifs is 1. The summed E-state index contributed by atoms with van der Waals surface area (Å²) in [6.45, 7) is 0.785. The number of aromatic nitrogens is 1. The number of halogens is 2. The van der Waals surface area contributed by atoms with E-state index >= 15 is 0 Å². The van der Waals surface area contributed by atoms with Crippen LogP contribution in [0.15, 0.2) is 66.5 Å². The first-order chi connectivity index (χ1) is 16.4. The van der Waals surface area contributed by atoms with Crippen molar-refractivity contribution in [1.82, 2.24) is 9.88 Å². The van der Waals surface area contributed by atoms with Gasteiger partial charge in [-0.2, -0.15) is 0 Å². The monoisotopic (exact) mass is 494 g/mol. The summed E-state index contributed by atoms with van der Waals surface area (Å²) < 4.78 is 5.66. The number of amides is 1. The lowest BCUT2D eigenvalue weighted by atomic mass is 9.94. The Kier molecular flexibility index (Phi) is 6.02. The summed E-state index contributed by atoms with van der Waals surface area (Å²) in [4.78, 5) is 31.9. The van der Waals surface area contributed by atoms with Crippen molar-refractivity contribution in [3.05, 3.63) is 98.8 Å². The predicted octanol–water partition coefficient (Wildman–Crippen LogP) is 5.34. The number of benzene rings is 2. The third-order valence-electron chi connectivity index (χ3n) is 6.06. The van der Waals surface area contributed by atoms with Crippen LogP contribution in [0.1, 0.15) is 34.7 Å². The highest BCUT2D eigenvalue weighted by Crippen LogP contribution is 2.42. The molecule has 1 aromatic heterocycles. The van der Waals surface area contributed by atoms with Crippen LogP contribution in [-0.4, -0.2) is 33.3 Å². The number of nitrogens with zero attached hydrogens (tertiary/aromatic N) is 2. The molecule has 5 rings (SSSR count). The molecule has 8 heteroatoms. The van der Waals surface area contributed by atoms with Crippen LogP contribution in [0.4, 0.5) is 0 Å². The van der Waals surface area contributed by atoms with Gasteiger partial charge in [0.2, 0.25) is 0 Å². The Morgan fingerprint density at radius 1 is 1.12 bits per heavy atom. The van der Waals surface area contributed by atoms with Gasteiger partial charge in [0.1, 0.15) is 11.5 Å². The Morgan fingerprint density at radius 2 is 1.97 bits per heavy atom. The van der Waals surface area contributed by atoms with Crippen LogP contribution in [0.3, 0.4) is 0 Å². The van der Waals surface area contributed by atoms with E-state index in [0.717, 1.165) is 29.7 Å². The van der Waals surface area contributed by atoms with Gasteiger partial charge in [-0.25, -0.2) is 0 Å². The van der Waals surface area contributed by atoms with Crippen LogP contribution >= 0.6 is 23.2 Å². The van der Waals surface area contributed by atoms with Crippen LogP contribution in [0.2, 0.25) is 10.0 Å². The fourth-order valence-corrected chi connectivity index (χ4v) is 4.73. The molecule has 3 aromatic rings. The van der Waals surface area contributed by atoms with Crippen molar-refractivity contribution in [3.8, 4) is 5.75 Å². The van der Waals surface area contributed by atoms with Gasteiger partial charge in [-0.3, -0.25) is 14.6 Å². The van der Waals surface area contributed by atoms with Crippen LogP contribution in [0.25, 0.3) is 5.76 Å². The minimum Gasteiger partial charge on any atom is -0.507 e. The second kappa shape index (κ2) is 9.12. The zero-order valence-corrected chi connectivity index (χ0v) is 19.5. The maximum Gasteiger partial charge on any atom is 0.295 e. The molecule has 34 heavy (non-hydrogen) atoms. The Hall–Kier alpha value is -3.35. The number of hydrogen-bond donors (Lipinski definition) is 1. The molecule has 1 unspecified atom stereocenters. The molecule has 3 heterocycles. The van der Waals surface area contributed by atoms with Gasteiger partial charge >= 0.3 is 0 Å². The number of aliphatic hydroxyl groups is 1. The molecular weight excluding hydrogens is 475 g/mol. The summed E-state index contributed by atoms with van der Waals surface area (Å²) in [6, 6.07) is 13.0. The Balaban J connectivity index is 1.65. The molecule has 6 nitrogen and oxygen atoms in total. The lowest BCUT2D eigenvalue weighted by Crippen LogP contribution is -2.29. The van der Waals surface area contributed by atoms with Gasteiger partial charge in [0.15, 0.2) is 0 Å². The normalized spacial score (nSPS) is 19.1. The van der Waals surface area contributed by atoms with E-state index in [1.54, 1.807) is 48.8 Å². The van der Waals surface area contributed by atoms with E-state index in [1.165, 1.54) is 4.90 Å². The number of ether oxygens (including phenoxy) is 1. The first kappa shape index (κ1) is 22.4. The SMILES string of the molecule is O=C1C(=O)N(Cc2cccnc2)C(c2ccc(Cl)c(Cl)c2)/C1=C(/O)c1ccc2c(c1)CCCO2. The molecule has 0 bridgehead atoms. The van der Waals surface area contributed by atoms with Gasteiger partial charge in [0.25, 0.3) is 11.7 Å². The molecule has 2 aromatic carbocycles. The van der Waals surface area contributed by atoms with E-state index in [-0.39, 0.29) is 22.9 Å². The molecular formula is C26H20Cl2N2O4. The van der Waals surface area contributed by atoms with Crippen molar-refractivity contribution >= 4 is 40.7 Å². The molecule has 172 valence electrons. The van der Waals surface area contributed by atoms with E-state index in [2.05, 4.69) is 4.98 Å². The van der Waals surface area contributed by atoms with E-state index in [9.17, 15) is 14.7 Å². The quantitative estimate of drug-likeness (QED) is 0.301. The summed E-state index contributed by atoms with van der Waals surface area (Å²) in [5, 5.41) is 12.0. The van der Waals surface area contributed by atoms with Crippen molar-refractivity contribution in [1.29, 1.82) is 0 Å². The van der Waals surface area contributed by atoms with E-state index in [1.807, 2.05) is 12.1 Å². The summed E-state index contributed by atoms with van der Waals surface area (Å²) in [5.74, 6) is -0.938. The number of rotatable bonds is 4. The first-order valence-corrected chi connectivity index (χ1v) is 11.6. The molecule has 1 saturated heterocycles. The molecule has 0 spiro atoms. The topological polar surface area (TPSA) is 79.7 Å². The van der Waals surface area contributed by atoms with Gasteiger partial charge in [0, 0.05) is 24.5 Å². The molecule has 2 aliphatic rings. The standard InChI is InChI=1S/C26H20Cl2N2O4/c27-19-7-5-17(12-20(19)28)23-22(24(31)18-6-8-21-16(11-18)4-2-10-34-21)25(32)26(33)30(23)14-15-3-1-9-29-13-15/h1,3,5-9,11-13,23,31H,2,4,10,14H2/b24-22-. The number of carbonyl (C=O) groups is 2. The molecule has 1 fully saturated rings. The highest BCUT2D eigenvalue weighted by atomic mass is 35.5. The first-order valence-electron chi connectivity index (χ1n) is 10.8. The zero-order chi connectivity index (χ0) is 23.8. The van der Waals surface area contributed by atoms with Gasteiger partial charge in [-0.1, -0.05) is 35.3 Å². The van der Waals surface area contributed by atoms with Crippen LogP contribution < -0.4 is 4.74 Å². The largest absolute Gasteiger partial charge is 0.507 e. The predicted molar refractivity (Wildman–Crippen MR) is 129 cm³/mol. The van der Waals surface area contributed by atoms with Crippen molar-refractivity contribution < 1.29 is 19.4 Å². The zero-order valence-electron chi connectivity index (χ0n) is 18.0. The number of carbonyl (C=O) groups excluding carboxylic acids is 2. The number of aliphatic hydroxyl groups excluding tert-OH is 1. The Morgan fingerprint density at radius 3 is 2.74 bits per heavy atom. The fraction of sp³-hybridized carbons (Fsp3) is 0.192. The maximum atomic E-state index is 13.2. The number of ketones is 1. The lowest BCUT2D eigenvalue weighted by Gasteiger charge is -2.26. The fourth-order valence-electron chi connectivity index (χ4n) is 4.42. The van der Waals surface area contributed by atoms with Gasteiger partial charge in [0.05, 0.1) is 28.3 Å².